The minimum atomic E-state index is 0.173. The molecule has 150 valence electrons. The summed E-state index contributed by atoms with van der Waals surface area (Å²) in [5, 5.41) is 0.974. The standard InChI is InChI=1S/C22H30N4OS/c1-16-7-4-5-9-20(16)25-13-11-24(12-14-25)19-8-6-10-26(15-19)22(27)21-17(2)23-18(3)28-21/h4-5,7,9,19H,6,8,10-15H2,1-3H3. The monoisotopic (exact) mass is 398 g/mol. The second kappa shape index (κ2) is 8.21. The number of amides is 1. The normalized spacial score (nSPS) is 21.2. The molecule has 0 radical (unpaired) electrons. The third-order valence-electron chi connectivity index (χ3n) is 6.07. The number of hydrogen-bond acceptors (Lipinski definition) is 5. The number of benzene rings is 1. The molecule has 28 heavy (non-hydrogen) atoms. The lowest BCUT2D eigenvalue weighted by atomic mass is 10.0. The number of nitrogens with zero attached hydrogens (tertiary/aromatic N) is 4. The molecule has 1 atom stereocenters. The van der Waals surface area contributed by atoms with Crippen LogP contribution in [0.4, 0.5) is 5.69 Å². The SMILES string of the molecule is Cc1nc(C)c(C(=O)N2CCCC(N3CCN(c4ccccc4C)CC3)C2)s1. The summed E-state index contributed by atoms with van der Waals surface area (Å²) in [5.74, 6) is 0.173. The minimum Gasteiger partial charge on any atom is -0.369 e. The van der Waals surface area contributed by atoms with Crippen molar-refractivity contribution in [3.8, 4) is 0 Å². The van der Waals surface area contributed by atoms with Crippen molar-refractivity contribution in [2.75, 3.05) is 44.2 Å². The van der Waals surface area contributed by atoms with Crippen molar-refractivity contribution in [3.63, 3.8) is 0 Å². The van der Waals surface area contributed by atoms with E-state index in [0.29, 0.717) is 6.04 Å². The fourth-order valence-electron chi connectivity index (χ4n) is 4.56. The number of anilines is 1. The van der Waals surface area contributed by atoms with E-state index in [1.807, 2.05) is 13.8 Å². The predicted octanol–water partition coefficient (Wildman–Crippen LogP) is 3.50. The Morgan fingerprint density at radius 1 is 1.07 bits per heavy atom. The number of carbonyl (C=O) groups excluding carboxylic acids is 1. The molecule has 1 aromatic carbocycles. The summed E-state index contributed by atoms with van der Waals surface area (Å²) >= 11 is 1.53. The van der Waals surface area contributed by atoms with E-state index in [1.54, 1.807) is 0 Å². The van der Waals surface area contributed by atoms with E-state index in [-0.39, 0.29) is 5.91 Å². The van der Waals surface area contributed by atoms with E-state index < -0.39 is 0 Å². The van der Waals surface area contributed by atoms with Gasteiger partial charge in [-0.2, -0.15) is 0 Å². The van der Waals surface area contributed by atoms with Gasteiger partial charge in [-0.25, -0.2) is 4.98 Å². The first-order chi connectivity index (χ1) is 13.5. The second-order valence-corrected chi connectivity index (χ2v) is 9.21. The van der Waals surface area contributed by atoms with Gasteiger partial charge < -0.3 is 9.80 Å². The molecule has 2 aliphatic heterocycles. The summed E-state index contributed by atoms with van der Waals surface area (Å²) in [7, 11) is 0. The molecule has 2 fully saturated rings. The van der Waals surface area contributed by atoms with Crippen LogP contribution in [0, 0.1) is 20.8 Å². The van der Waals surface area contributed by atoms with Crippen LogP contribution in [0.25, 0.3) is 0 Å². The number of hydrogen-bond donors (Lipinski definition) is 0. The number of aromatic nitrogens is 1. The molecule has 2 aliphatic rings. The first kappa shape index (κ1) is 19.4. The summed E-state index contributed by atoms with van der Waals surface area (Å²) in [6, 6.07) is 9.13. The Morgan fingerprint density at radius 2 is 1.82 bits per heavy atom. The molecular formula is C22H30N4OS. The van der Waals surface area contributed by atoms with Crippen LogP contribution in [0.2, 0.25) is 0 Å². The number of aryl methyl sites for hydroxylation is 3. The van der Waals surface area contributed by atoms with Gasteiger partial charge in [0.1, 0.15) is 4.88 Å². The van der Waals surface area contributed by atoms with Crippen LogP contribution in [0.15, 0.2) is 24.3 Å². The van der Waals surface area contributed by atoms with Gasteiger partial charge in [-0.05, 0) is 45.2 Å². The van der Waals surface area contributed by atoms with E-state index in [9.17, 15) is 4.79 Å². The number of rotatable bonds is 3. The van der Waals surface area contributed by atoms with Crippen molar-refractivity contribution in [3.05, 3.63) is 45.4 Å². The highest BCUT2D eigenvalue weighted by Gasteiger charge is 2.31. The van der Waals surface area contributed by atoms with Crippen LogP contribution in [-0.2, 0) is 0 Å². The molecule has 0 aliphatic carbocycles. The van der Waals surface area contributed by atoms with Crippen LogP contribution in [0.5, 0.6) is 0 Å². The summed E-state index contributed by atoms with van der Waals surface area (Å²) in [5.41, 5.74) is 3.58. The van der Waals surface area contributed by atoms with Gasteiger partial charge in [-0.3, -0.25) is 9.69 Å². The van der Waals surface area contributed by atoms with Gasteiger partial charge in [0, 0.05) is 51.0 Å². The van der Waals surface area contributed by atoms with E-state index in [1.165, 1.54) is 29.0 Å². The Balaban J connectivity index is 1.37. The maximum atomic E-state index is 13.0. The Morgan fingerprint density at radius 3 is 2.50 bits per heavy atom. The first-order valence-electron chi connectivity index (χ1n) is 10.3. The lowest BCUT2D eigenvalue weighted by molar-refractivity contribution is 0.0567. The van der Waals surface area contributed by atoms with Crippen molar-refractivity contribution in [1.29, 1.82) is 0 Å². The van der Waals surface area contributed by atoms with E-state index in [4.69, 9.17) is 0 Å². The molecule has 6 heteroatoms. The molecule has 3 heterocycles. The summed E-state index contributed by atoms with van der Waals surface area (Å²) < 4.78 is 0. The van der Waals surface area contributed by atoms with Crippen LogP contribution in [-0.4, -0.2) is 66.0 Å². The summed E-state index contributed by atoms with van der Waals surface area (Å²) in [4.78, 5) is 25.4. The van der Waals surface area contributed by atoms with Crippen LogP contribution < -0.4 is 4.90 Å². The molecule has 4 rings (SSSR count). The van der Waals surface area contributed by atoms with Gasteiger partial charge in [0.2, 0.25) is 0 Å². The van der Waals surface area contributed by atoms with Gasteiger partial charge in [-0.1, -0.05) is 18.2 Å². The van der Waals surface area contributed by atoms with Crippen molar-refractivity contribution >= 4 is 22.9 Å². The van der Waals surface area contributed by atoms with Gasteiger partial charge in [-0.15, -0.1) is 11.3 Å². The van der Waals surface area contributed by atoms with Gasteiger partial charge in [0.15, 0.2) is 0 Å². The molecule has 2 aromatic rings. The van der Waals surface area contributed by atoms with Crippen LogP contribution in [0.1, 0.15) is 38.8 Å². The van der Waals surface area contributed by atoms with Gasteiger partial charge in [0.05, 0.1) is 10.7 Å². The van der Waals surface area contributed by atoms with Gasteiger partial charge >= 0.3 is 0 Å². The zero-order chi connectivity index (χ0) is 19.7. The highest BCUT2D eigenvalue weighted by Crippen LogP contribution is 2.25. The molecule has 0 N–H and O–H groups in total. The number of likely N-dealkylation sites (tertiary alicyclic amines) is 1. The largest absolute Gasteiger partial charge is 0.369 e. The van der Waals surface area contributed by atoms with Crippen molar-refractivity contribution in [1.82, 2.24) is 14.8 Å². The Bertz CT molecular complexity index is 841. The number of piperazine rings is 1. The topological polar surface area (TPSA) is 39.7 Å². The average molecular weight is 399 g/mol. The molecule has 0 bridgehead atoms. The third-order valence-corrected chi connectivity index (χ3v) is 7.13. The Labute approximate surface area is 172 Å². The van der Waals surface area contributed by atoms with Crippen molar-refractivity contribution < 1.29 is 4.79 Å². The third kappa shape index (κ3) is 3.94. The fraction of sp³-hybridized carbons (Fsp3) is 0.545. The molecule has 5 nitrogen and oxygen atoms in total. The minimum absolute atomic E-state index is 0.173. The number of thiazole rings is 1. The van der Waals surface area contributed by atoms with Crippen LogP contribution in [0.3, 0.4) is 0 Å². The predicted molar refractivity (Wildman–Crippen MR) is 115 cm³/mol. The number of para-hydroxylation sites is 1. The molecule has 0 spiro atoms. The molecule has 1 amide bonds. The second-order valence-electron chi connectivity index (χ2n) is 8.00. The molecule has 2 saturated heterocycles. The lowest BCUT2D eigenvalue weighted by Gasteiger charge is -2.44. The van der Waals surface area contributed by atoms with E-state index >= 15 is 0 Å². The highest BCUT2D eigenvalue weighted by atomic mass is 32.1. The molecular weight excluding hydrogens is 368 g/mol. The molecule has 1 unspecified atom stereocenters. The molecule has 1 aromatic heterocycles. The van der Waals surface area contributed by atoms with Gasteiger partial charge in [0.25, 0.3) is 5.91 Å². The Hall–Kier alpha value is -1.92. The quantitative estimate of drug-likeness (QED) is 0.793. The fourth-order valence-corrected chi connectivity index (χ4v) is 5.44. The van der Waals surface area contributed by atoms with Crippen molar-refractivity contribution in [2.24, 2.45) is 0 Å². The maximum absolute atomic E-state index is 13.0. The summed E-state index contributed by atoms with van der Waals surface area (Å²) in [6.07, 6.45) is 2.28. The zero-order valence-electron chi connectivity index (χ0n) is 17.1. The van der Waals surface area contributed by atoms with Crippen molar-refractivity contribution in [2.45, 2.75) is 39.7 Å². The van der Waals surface area contributed by atoms with E-state index in [2.05, 4.69) is 50.9 Å². The Kier molecular flexibility index (Phi) is 5.69. The van der Waals surface area contributed by atoms with E-state index in [0.717, 1.165) is 61.3 Å². The van der Waals surface area contributed by atoms with Crippen LogP contribution >= 0.6 is 11.3 Å². The lowest BCUT2D eigenvalue weighted by Crippen LogP contribution is -2.56. The number of piperidine rings is 1. The summed E-state index contributed by atoms with van der Waals surface area (Å²) in [6.45, 7) is 12.1. The maximum Gasteiger partial charge on any atom is 0.265 e. The average Bonchev–Trinajstić information content (AvgIpc) is 3.06. The highest BCUT2D eigenvalue weighted by molar-refractivity contribution is 7.13. The smallest absolute Gasteiger partial charge is 0.265 e. The molecule has 0 saturated carbocycles. The zero-order valence-corrected chi connectivity index (χ0v) is 18.0. The number of carbonyl (C=O) groups is 1. The first-order valence-corrected chi connectivity index (χ1v) is 11.1.